The number of carbonyl (C=O) groups is 1. The molecular weight excluding hydrogens is 220 g/mol. The van der Waals surface area contributed by atoms with E-state index < -0.39 is 0 Å². The van der Waals surface area contributed by atoms with Crippen molar-refractivity contribution in [1.82, 2.24) is 14.9 Å². The van der Waals surface area contributed by atoms with Crippen LogP contribution in [0.4, 0.5) is 5.95 Å². The molecule has 1 fully saturated rings. The number of fused-ring (bicyclic) bond motifs is 1. The Morgan fingerprint density at radius 1 is 1.53 bits per heavy atom. The number of anilines is 1. The third-order valence-corrected chi connectivity index (χ3v) is 3.19. The van der Waals surface area contributed by atoms with Crippen LogP contribution in [-0.4, -0.2) is 33.5 Å². The van der Waals surface area contributed by atoms with Gasteiger partial charge in [-0.3, -0.25) is 4.79 Å². The Morgan fingerprint density at radius 2 is 2.41 bits per heavy atom. The molecule has 0 spiro atoms. The van der Waals surface area contributed by atoms with Gasteiger partial charge in [0, 0.05) is 24.9 Å². The molecule has 1 aromatic rings. The number of rotatable bonds is 1. The van der Waals surface area contributed by atoms with Crippen LogP contribution in [0.2, 0.25) is 0 Å². The molecule has 1 amide bonds. The molecule has 3 heterocycles. The van der Waals surface area contributed by atoms with E-state index in [0.29, 0.717) is 19.7 Å². The van der Waals surface area contributed by atoms with Crippen LogP contribution in [0.3, 0.4) is 0 Å². The average molecular weight is 234 g/mol. The van der Waals surface area contributed by atoms with Crippen molar-refractivity contribution in [3.8, 4) is 0 Å². The number of nitrogen functional groups attached to an aromatic ring is 1. The molecule has 6 heteroatoms. The van der Waals surface area contributed by atoms with Crippen LogP contribution in [0, 0.1) is 0 Å². The second-order valence-corrected chi connectivity index (χ2v) is 4.40. The standard InChI is InChI=1S/C11H14N4O2/c12-11-13-4-7-5-15(6-8(7)14-11)10(16)9-2-1-3-17-9/h4,9H,1-3,5-6H2,(H2,12,13,14). The Balaban J connectivity index is 1.75. The highest BCUT2D eigenvalue weighted by molar-refractivity contribution is 5.81. The van der Waals surface area contributed by atoms with Crippen LogP contribution in [0.25, 0.3) is 0 Å². The zero-order chi connectivity index (χ0) is 11.8. The Labute approximate surface area is 98.8 Å². The zero-order valence-electron chi connectivity index (χ0n) is 9.43. The summed E-state index contributed by atoms with van der Waals surface area (Å²) >= 11 is 0. The van der Waals surface area contributed by atoms with E-state index in [0.717, 1.165) is 24.1 Å². The molecule has 0 bridgehead atoms. The van der Waals surface area contributed by atoms with Gasteiger partial charge in [-0.2, -0.15) is 0 Å². The van der Waals surface area contributed by atoms with Crippen molar-refractivity contribution in [1.29, 1.82) is 0 Å². The van der Waals surface area contributed by atoms with Crippen molar-refractivity contribution in [2.75, 3.05) is 12.3 Å². The molecule has 3 rings (SSSR count). The summed E-state index contributed by atoms with van der Waals surface area (Å²) in [5.74, 6) is 0.314. The first-order valence-corrected chi connectivity index (χ1v) is 5.74. The molecular formula is C11H14N4O2. The Morgan fingerprint density at radius 3 is 3.18 bits per heavy atom. The molecule has 2 aliphatic heterocycles. The van der Waals surface area contributed by atoms with Gasteiger partial charge in [-0.1, -0.05) is 0 Å². The van der Waals surface area contributed by atoms with E-state index >= 15 is 0 Å². The van der Waals surface area contributed by atoms with Crippen LogP contribution >= 0.6 is 0 Å². The van der Waals surface area contributed by atoms with Gasteiger partial charge in [0.15, 0.2) is 0 Å². The Bertz CT molecular complexity index is 457. The van der Waals surface area contributed by atoms with Crippen molar-refractivity contribution in [2.45, 2.75) is 32.0 Å². The highest BCUT2D eigenvalue weighted by Crippen LogP contribution is 2.24. The summed E-state index contributed by atoms with van der Waals surface area (Å²) < 4.78 is 5.40. The van der Waals surface area contributed by atoms with Crippen LogP contribution in [0.15, 0.2) is 6.20 Å². The maximum atomic E-state index is 12.1. The van der Waals surface area contributed by atoms with Crippen LogP contribution in [0.5, 0.6) is 0 Å². The molecule has 2 N–H and O–H groups in total. The fourth-order valence-electron chi connectivity index (χ4n) is 2.30. The number of hydrogen-bond acceptors (Lipinski definition) is 5. The summed E-state index contributed by atoms with van der Waals surface area (Å²) in [5.41, 5.74) is 7.35. The first-order chi connectivity index (χ1) is 8.24. The number of ether oxygens (including phenoxy) is 1. The van der Waals surface area contributed by atoms with Gasteiger partial charge in [0.05, 0.1) is 12.2 Å². The van der Waals surface area contributed by atoms with Gasteiger partial charge in [0.1, 0.15) is 6.10 Å². The van der Waals surface area contributed by atoms with Gasteiger partial charge in [0.25, 0.3) is 5.91 Å². The number of nitrogens with zero attached hydrogens (tertiary/aromatic N) is 3. The maximum Gasteiger partial charge on any atom is 0.252 e. The maximum absolute atomic E-state index is 12.1. The van der Waals surface area contributed by atoms with E-state index in [1.54, 1.807) is 11.1 Å². The van der Waals surface area contributed by atoms with Gasteiger partial charge < -0.3 is 15.4 Å². The van der Waals surface area contributed by atoms with Gasteiger partial charge >= 0.3 is 0 Å². The number of nitrogens with two attached hydrogens (primary N) is 1. The zero-order valence-corrected chi connectivity index (χ0v) is 9.43. The second kappa shape index (κ2) is 3.96. The van der Waals surface area contributed by atoms with Gasteiger partial charge in [-0.15, -0.1) is 0 Å². The van der Waals surface area contributed by atoms with E-state index in [9.17, 15) is 4.79 Å². The summed E-state index contributed by atoms with van der Waals surface area (Å²) in [7, 11) is 0. The van der Waals surface area contributed by atoms with E-state index in [-0.39, 0.29) is 18.0 Å². The predicted molar refractivity (Wildman–Crippen MR) is 59.7 cm³/mol. The monoisotopic (exact) mass is 234 g/mol. The molecule has 1 atom stereocenters. The first kappa shape index (κ1) is 10.5. The van der Waals surface area contributed by atoms with Crippen LogP contribution in [-0.2, 0) is 22.6 Å². The average Bonchev–Trinajstić information content (AvgIpc) is 2.96. The summed E-state index contributed by atoms with van der Waals surface area (Å²) in [6.07, 6.45) is 3.21. The predicted octanol–water partition coefficient (Wildman–Crippen LogP) is 0.0800. The molecule has 0 saturated carbocycles. The van der Waals surface area contributed by atoms with Crippen molar-refractivity contribution in [3.05, 3.63) is 17.5 Å². The minimum atomic E-state index is -0.269. The second-order valence-electron chi connectivity index (χ2n) is 4.40. The van der Waals surface area contributed by atoms with E-state index in [4.69, 9.17) is 10.5 Å². The lowest BCUT2D eigenvalue weighted by Crippen LogP contribution is -2.35. The minimum absolute atomic E-state index is 0.0547. The largest absolute Gasteiger partial charge is 0.368 e. The fourth-order valence-corrected chi connectivity index (χ4v) is 2.30. The lowest BCUT2D eigenvalue weighted by molar-refractivity contribution is -0.141. The quantitative estimate of drug-likeness (QED) is 0.744. The number of carbonyl (C=O) groups excluding carboxylic acids is 1. The third kappa shape index (κ3) is 1.84. The third-order valence-electron chi connectivity index (χ3n) is 3.19. The molecule has 0 aliphatic carbocycles. The van der Waals surface area contributed by atoms with Gasteiger partial charge in [-0.25, -0.2) is 9.97 Å². The topological polar surface area (TPSA) is 81.3 Å². The summed E-state index contributed by atoms with van der Waals surface area (Å²) in [6.45, 7) is 1.76. The molecule has 2 aliphatic rings. The minimum Gasteiger partial charge on any atom is -0.368 e. The molecule has 17 heavy (non-hydrogen) atoms. The van der Waals surface area contributed by atoms with E-state index in [2.05, 4.69) is 9.97 Å². The van der Waals surface area contributed by atoms with Crippen molar-refractivity contribution >= 4 is 11.9 Å². The lowest BCUT2D eigenvalue weighted by Gasteiger charge is -2.18. The van der Waals surface area contributed by atoms with Crippen molar-refractivity contribution in [3.63, 3.8) is 0 Å². The van der Waals surface area contributed by atoms with Gasteiger partial charge in [-0.05, 0) is 12.8 Å². The van der Waals surface area contributed by atoms with Crippen LogP contribution < -0.4 is 5.73 Å². The fraction of sp³-hybridized carbons (Fsp3) is 0.545. The smallest absolute Gasteiger partial charge is 0.252 e. The lowest BCUT2D eigenvalue weighted by atomic mass is 10.2. The highest BCUT2D eigenvalue weighted by Gasteiger charge is 2.32. The molecule has 6 nitrogen and oxygen atoms in total. The molecule has 1 unspecified atom stereocenters. The summed E-state index contributed by atoms with van der Waals surface area (Å²) in [6, 6.07) is 0. The van der Waals surface area contributed by atoms with Crippen LogP contribution in [0.1, 0.15) is 24.1 Å². The number of aromatic nitrogens is 2. The molecule has 90 valence electrons. The van der Waals surface area contributed by atoms with Crippen molar-refractivity contribution < 1.29 is 9.53 Å². The Kier molecular flexibility index (Phi) is 2.44. The normalized spacial score (nSPS) is 22.8. The van der Waals surface area contributed by atoms with E-state index in [1.165, 1.54) is 0 Å². The number of amides is 1. The Hall–Kier alpha value is -1.69. The highest BCUT2D eigenvalue weighted by atomic mass is 16.5. The summed E-state index contributed by atoms with van der Waals surface area (Å²) in [4.78, 5) is 22.0. The molecule has 1 saturated heterocycles. The van der Waals surface area contributed by atoms with Gasteiger partial charge in [0.2, 0.25) is 5.95 Å². The first-order valence-electron chi connectivity index (χ1n) is 5.74. The SMILES string of the molecule is Nc1ncc2c(n1)CN(C(=O)C1CCCO1)C2. The summed E-state index contributed by atoms with van der Waals surface area (Å²) in [5, 5.41) is 0. The molecule has 0 aromatic carbocycles. The van der Waals surface area contributed by atoms with Crippen molar-refractivity contribution in [2.24, 2.45) is 0 Å². The molecule has 1 aromatic heterocycles. The number of hydrogen-bond donors (Lipinski definition) is 1. The van der Waals surface area contributed by atoms with E-state index in [1.807, 2.05) is 0 Å². The molecule has 0 radical (unpaired) electrons.